The number of aryl methyl sites for hydroxylation is 2. The van der Waals surface area contributed by atoms with Crippen molar-refractivity contribution in [3.05, 3.63) is 24.0 Å². The van der Waals surface area contributed by atoms with Crippen LogP contribution in [0.25, 0.3) is 11.0 Å². The van der Waals surface area contributed by atoms with Crippen molar-refractivity contribution in [1.82, 2.24) is 19.2 Å². The third-order valence-electron chi connectivity index (χ3n) is 4.56. The summed E-state index contributed by atoms with van der Waals surface area (Å²) in [5, 5.41) is 2.90. The molecule has 0 bridgehead atoms. The molecule has 162 valence electrons. The number of nitrogens with zero attached hydrogens (tertiary/aromatic N) is 3. The first kappa shape index (κ1) is 23.3. The Morgan fingerprint density at radius 1 is 1.31 bits per heavy atom. The maximum absolute atomic E-state index is 12.4. The summed E-state index contributed by atoms with van der Waals surface area (Å²) < 4.78 is 33.4. The number of hydrogen-bond donors (Lipinski definition) is 1. The lowest BCUT2D eigenvalue weighted by molar-refractivity contribution is -0.121. The molecule has 0 aliphatic carbocycles. The molecule has 1 N–H and O–H groups in total. The molecule has 0 fully saturated rings. The number of benzene rings is 1. The van der Waals surface area contributed by atoms with Crippen molar-refractivity contribution in [2.45, 2.75) is 57.6 Å². The minimum Gasteiger partial charge on any atom is -0.379 e. The van der Waals surface area contributed by atoms with Crippen molar-refractivity contribution in [3.63, 3.8) is 0 Å². The van der Waals surface area contributed by atoms with Gasteiger partial charge in [-0.2, -0.15) is 0 Å². The number of rotatable bonds is 11. The van der Waals surface area contributed by atoms with Crippen molar-refractivity contribution >= 4 is 27.0 Å². The molecular formula is C20H32N4O4S. The maximum Gasteiger partial charge on any atom is 0.242 e. The summed E-state index contributed by atoms with van der Waals surface area (Å²) >= 11 is 0. The fraction of sp³-hybridized carbons (Fsp3) is 0.600. The summed E-state index contributed by atoms with van der Waals surface area (Å²) in [5.41, 5.74) is 1.49. The van der Waals surface area contributed by atoms with Crippen LogP contribution in [0.2, 0.25) is 0 Å². The Morgan fingerprint density at radius 2 is 2.03 bits per heavy atom. The summed E-state index contributed by atoms with van der Waals surface area (Å²) in [5.74, 6) is 0.750. The molecule has 0 saturated heterocycles. The molecule has 0 aliphatic rings. The fourth-order valence-electron chi connectivity index (χ4n) is 3.01. The number of nitrogens with one attached hydrogen (secondary N) is 1. The smallest absolute Gasteiger partial charge is 0.242 e. The number of fused-ring (bicyclic) bond motifs is 1. The highest BCUT2D eigenvalue weighted by molar-refractivity contribution is 7.89. The first-order valence-electron chi connectivity index (χ1n) is 9.96. The Kier molecular flexibility index (Phi) is 8.18. The molecule has 0 aliphatic heterocycles. The van der Waals surface area contributed by atoms with Gasteiger partial charge in [0.05, 0.1) is 22.0 Å². The van der Waals surface area contributed by atoms with Gasteiger partial charge in [0.25, 0.3) is 0 Å². The van der Waals surface area contributed by atoms with Crippen LogP contribution in [0, 0.1) is 0 Å². The van der Waals surface area contributed by atoms with E-state index in [-0.39, 0.29) is 16.9 Å². The molecule has 29 heavy (non-hydrogen) atoms. The quantitative estimate of drug-likeness (QED) is 0.558. The van der Waals surface area contributed by atoms with E-state index in [1.54, 1.807) is 18.2 Å². The van der Waals surface area contributed by atoms with Gasteiger partial charge in [-0.05, 0) is 45.4 Å². The number of aromatic nitrogens is 2. The molecular weight excluding hydrogens is 392 g/mol. The molecule has 0 unspecified atom stereocenters. The van der Waals surface area contributed by atoms with Crippen molar-refractivity contribution in [1.29, 1.82) is 0 Å². The SMILES string of the molecule is CCn1c(CCC(=O)NCCCOC(C)C)nc2cc(S(=O)(=O)N(C)C)ccc21. The van der Waals surface area contributed by atoms with Crippen LogP contribution in [0.5, 0.6) is 0 Å². The zero-order valence-corrected chi connectivity index (χ0v) is 18.8. The molecule has 1 amide bonds. The van der Waals surface area contributed by atoms with Gasteiger partial charge < -0.3 is 14.6 Å². The number of hydrogen-bond acceptors (Lipinski definition) is 5. The average molecular weight is 425 g/mol. The van der Waals surface area contributed by atoms with Gasteiger partial charge in [0, 0.05) is 46.6 Å². The van der Waals surface area contributed by atoms with Crippen LogP contribution in [-0.2, 0) is 32.5 Å². The largest absolute Gasteiger partial charge is 0.379 e. The van der Waals surface area contributed by atoms with E-state index in [9.17, 15) is 13.2 Å². The number of carbonyl (C=O) groups excluding carboxylic acids is 1. The third kappa shape index (κ3) is 6.01. The summed E-state index contributed by atoms with van der Waals surface area (Å²) in [4.78, 5) is 16.9. The average Bonchev–Trinajstić information content (AvgIpc) is 3.02. The number of carbonyl (C=O) groups is 1. The summed E-state index contributed by atoms with van der Waals surface area (Å²) in [6, 6.07) is 4.97. The molecule has 1 aromatic carbocycles. The van der Waals surface area contributed by atoms with E-state index in [4.69, 9.17) is 4.74 Å². The third-order valence-corrected chi connectivity index (χ3v) is 6.37. The number of imidazole rings is 1. The first-order chi connectivity index (χ1) is 13.7. The number of amides is 1. The lowest BCUT2D eigenvalue weighted by Crippen LogP contribution is -2.26. The summed E-state index contributed by atoms with van der Waals surface area (Å²) in [6.07, 6.45) is 1.80. The Bertz CT molecular complexity index is 935. The second kappa shape index (κ2) is 10.2. The van der Waals surface area contributed by atoms with E-state index in [0.717, 1.165) is 17.8 Å². The van der Waals surface area contributed by atoms with E-state index in [2.05, 4.69) is 10.3 Å². The zero-order chi connectivity index (χ0) is 21.6. The van der Waals surface area contributed by atoms with Crippen LogP contribution < -0.4 is 5.32 Å². The lowest BCUT2D eigenvalue weighted by Gasteiger charge is -2.11. The molecule has 9 heteroatoms. The van der Waals surface area contributed by atoms with Crippen molar-refractivity contribution in [2.75, 3.05) is 27.2 Å². The van der Waals surface area contributed by atoms with E-state index in [1.807, 2.05) is 25.3 Å². The minimum absolute atomic E-state index is 0.0277. The standard InChI is InChI=1S/C20H32N4O4S/c1-6-24-18-9-8-16(29(26,27)23(4)5)14-17(18)22-19(24)10-11-20(25)21-12-7-13-28-15(2)3/h8-9,14-15H,6-7,10-13H2,1-5H3,(H,21,25). The second-order valence-electron chi connectivity index (χ2n) is 7.33. The molecule has 1 aromatic heterocycles. The topological polar surface area (TPSA) is 93.5 Å². The number of sulfonamides is 1. The van der Waals surface area contributed by atoms with Crippen LogP contribution in [0.3, 0.4) is 0 Å². The Labute approximate surface area is 173 Å². The van der Waals surface area contributed by atoms with Gasteiger partial charge in [-0.25, -0.2) is 17.7 Å². The van der Waals surface area contributed by atoms with Crippen molar-refractivity contribution in [2.24, 2.45) is 0 Å². The van der Waals surface area contributed by atoms with E-state index in [1.165, 1.54) is 18.4 Å². The van der Waals surface area contributed by atoms with Gasteiger partial charge in [0.2, 0.25) is 15.9 Å². The van der Waals surface area contributed by atoms with E-state index >= 15 is 0 Å². The molecule has 0 atom stereocenters. The molecule has 0 saturated carbocycles. The summed E-state index contributed by atoms with van der Waals surface area (Å²) in [6.45, 7) is 7.88. The Balaban J connectivity index is 2.04. The van der Waals surface area contributed by atoms with Gasteiger partial charge in [0.15, 0.2) is 0 Å². The molecule has 2 aromatic rings. The van der Waals surface area contributed by atoms with Crippen LogP contribution in [0.1, 0.15) is 39.4 Å². The highest BCUT2D eigenvalue weighted by Crippen LogP contribution is 2.22. The number of ether oxygens (including phenoxy) is 1. The Morgan fingerprint density at radius 3 is 2.66 bits per heavy atom. The van der Waals surface area contributed by atoms with Gasteiger partial charge in [-0.3, -0.25) is 4.79 Å². The normalized spacial score (nSPS) is 12.2. The monoisotopic (exact) mass is 424 g/mol. The fourth-order valence-corrected chi connectivity index (χ4v) is 3.93. The van der Waals surface area contributed by atoms with Crippen molar-refractivity contribution in [3.8, 4) is 0 Å². The van der Waals surface area contributed by atoms with E-state index < -0.39 is 10.0 Å². The molecule has 0 radical (unpaired) electrons. The zero-order valence-electron chi connectivity index (χ0n) is 17.9. The van der Waals surface area contributed by atoms with Gasteiger partial charge >= 0.3 is 0 Å². The van der Waals surface area contributed by atoms with Crippen LogP contribution in [0.4, 0.5) is 0 Å². The lowest BCUT2D eigenvalue weighted by atomic mass is 10.2. The minimum atomic E-state index is -3.52. The maximum atomic E-state index is 12.4. The Hall–Kier alpha value is -1.97. The molecule has 0 spiro atoms. The second-order valence-corrected chi connectivity index (χ2v) is 9.49. The highest BCUT2D eigenvalue weighted by Gasteiger charge is 2.19. The molecule has 2 rings (SSSR count). The van der Waals surface area contributed by atoms with Crippen LogP contribution >= 0.6 is 0 Å². The van der Waals surface area contributed by atoms with Gasteiger partial charge in [-0.15, -0.1) is 0 Å². The predicted molar refractivity (Wildman–Crippen MR) is 113 cm³/mol. The first-order valence-corrected chi connectivity index (χ1v) is 11.4. The molecule has 8 nitrogen and oxygen atoms in total. The summed E-state index contributed by atoms with van der Waals surface area (Å²) in [7, 11) is -0.509. The van der Waals surface area contributed by atoms with Gasteiger partial charge in [0.1, 0.15) is 5.82 Å². The predicted octanol–water partition coefficient (Wildman–Crippen LogP) is 2.17. The van der Waals surface area contributed by atoms with Crippen LogP contribution in [-0.4, -0.2) is 61.5 Å². The van der Waals surface area contributed by atoms with Gasteiger partial charge in [-0.1, -0.05) is 0 Å². The van der Waals surface area contributed by atoms with Crippen LogP contribution in [0.15, 0.2) is 23.1 Å². The highest BCUT2D eigenvalue weighted by atomic mass is 32.2. The van der Waals surface area contributed by atoms with Crippen molar-refractivity contribution < 1.29 is 17.9 Å². The van der Waals surface area contributed by atoms with E-state index in [0.29, 0.717) is 38.1 Å². The molecule has 1 heterocycles.